The number of benzene rings is 1. The van der Waals surface area contributed by atoms with E-state index in [1.165, 1.54) is 17.4 Å². The number of aliphatic carboxylic acids is 1. The molecule has 19 heavy (non-hydrogen) atoms. The number of hydrogen-bond donors (Lipinski definition) is 1. The third-order valence-corrected chi connectivity index (χ3v) is 2.18. The summed E-state index contributed by atoms with van der Waals surface area (Å²) in [6.45, 7) is 0. The Kier molecular flexibility index (Phi) is 4.47. The van der Waals surface area contributed by atoms with Crippen molar-refractivity contribution >= 4 is 11.9 Å². The van der Waals surface area contributed by atoms with E-state index in [0.717, 1.165) is 12.1 Å². The standard InChI is InChI=1S/C11H9F4NO3/c12-7-3-1-2-6(4-7)8(5-9(17)18)16-10(19)11(13,14)15/h1-4,8H,5H2,(H,16,19)(H,17,18)/p-1/t8-/m0/s1. The number of carboxylic acid groups (broad SMARTS) is 1. The first kappa shape index (κ1) is 14.9. The molecule has 0 aliphatic carbocycles. The van der Waals surface area contributed by atoms with Crippen LogP contribution < -0.4 is 10.4 Å². The number of carbonyl (C=O) groups excluding carboxylic acids is 2. The Morgan fingerprint density at radius 1 is 1.32 bits per heavy atom. The molecule has 1 atom stereocenters. The highest BCUT2D eigenvalue weighted by molar-refractivity contribution is 5.82. The predicted molar refractivity (Wildman–Crippen MR) is 53.0 cm³/mol. The number of rotatable bonds is 4. The Morgan fingerprint density at radius 3 is 2.42 bits per heavy atom. The van der Waals surface area contributed by atoms with Crippen LogP contribution in [0.4, 0.5) is 17.6 Å². The first-order valence-corrected chi connectivity index (χ1v) is 5.03. The van der Waals surface area contributed by atoms with Gasteiger partial charge in [0.1, 0.15) is 5.82 Å². The maximum atomic E-state index is 12.9. The number of amides is 1. The fraction of sp³-hybridized carbons (Fsp3) is 0.273. The Morgan fingerprint density at radius 2 is 1.95 bits per heavy atom. The van der Waals surface area contributed by atoms with Crippen LogP contribution in [0.5, 0.6) is 0 Å². The van der Waals surface area contributed by atoms with Crippen molar-refractivity contribution in [1.82, 2.24) is 5.32 Å². The molecule has 0 saturated carbocycles. The highest BCUT2D eigenvalue weighted by Crippen LogP contribution is 2.21. The van der Waals surface area contributed by atoms with Gasteiger partial charge in [0.25, 0.3) is 0 Å². The highest BCUT2D eigenvalue weighted by atomic mass is 19.4. The fourth-order valence-corrected chi connectivity index (χ4v) is 1.38. The molecule has 0 spiro atoms. The van der Waals surface area contributed by atoms with Gasteiger partial charge < -0.3 is 15.2 Å². The lowest BCUT2D eigenvalue weighted by molar-refractivity contribution is -0.306. The number of carbonyl (C=O) groups is 2. The molecule has 0 unspecified atom stereocenters. The molecule has 0 bridgehead atoms. The number of nitrogens with one attached hydrogen (secondary N) is 1. The molecule has 4 nitrogen and oxygen atoms in total. The summed E-state index contributed by atoms with van der Waals surface area (Å²) >= 11 is 0. The van der Waals surface area contributed by atoms with Crippen molar-refractivity contribution in [3.63, 3.8) is 0 Å². The summed E-state index contributed by atoms with van der Waals surface area (Å²) in [4.78, 5) is 21.2. The van der Waals surface area contributed by atoms with Crippen LogP contribution in [-0.4, -0.2) is 18.1 Å². The summed E-state index contributed by atoms with van der Waals surface area (Å²) in [6, 6.07) is 2.74. The van der Waals surface area contributed by atoms with Crippen molar-refractivity contribution in [2.45, 2.75) is 18.6 Å². The van der Waals surface area contributed by atoms with Crippen molar-refractivity contribution in [3.8, 4) is 0 Å². The summed E-state index contributed by atoms with van der Waals surface area (Å²) in [7, 11) is 0. The number of carboxylic acids is 1. The van der Waals surface area contributed by atoms with Crippen molar-refractivity contribution in [3.05, 3.63) is 35.6 Å². The van der Waals surface area contributed by atoms with E-state index in [1.54, 1.807) is 0 Å². The maximum absolute atomic E-state index is 12.9. The summed E-state index contributed by atoms with van der Waals surface area (Å²) < 4.78 is 49.2. The number of halogens is 4. The van der Waals surface area contributed by atoms with E-state index < -0.39 is 36.3 Å². The van der Waals surface area contributed by atoms with Gasteiger partial charge in [-0.2, -0.15) is 13.2 Å². The zero-order valence-corrected chi connectivity index (χ0v) is 9.33. The second-order valence-corrected chi connectivity index (χ2v) is 3.65. The Balaban J connectivity index is 2.96. The highest BCUT2D eigenvalue weighted by Gasteiger charge is 2.39. The van der Waals surface area contributed by atoms with E-state index in [9.17, 15) is 32.3 Å². The molecule has 0 aromatic heterocycles. The molecule has 0 radical (unpaired) electrons. The minimum absolute atomic E-state index is 0.0956. The fourth-order valence-electron chi connectivity index (χ4n) is 1.38. The molecular weight excluding hydrogens is 270 g/mol. The number of hydrogen-bond acceptors (Lipinski definition) is 3. The molecular formula is C11H8F4NO3-. The van der Waals surface area contributed by atoms with Crippen LogP contribution in [-0.2, 0) is 9.59 Å². The average Bonchev–Trinajstić information content (AvgIpc) is 2.26. The van der Waals surface area contributed by atoms with Crippen molar-refractivity contribution in [2.24, 2.45) is 0 Å². The monoisotopic (exact) mass is 278 g/mol. The Labute approximate surface area is 105 Å². The summed E-state index contributed by atoms with van der Waals surface area (Å²) in [5.41, 5.74) is -0.0956. The van der Waals surface area contributed by atoms with Gasteiger partial charge in [-0.3, -0.25) is 4.79 Å². The molecule has 1 N–H and O–H groups in total. The SMILES string of the molecule is O=C([O-])C[C@H](NC(=O)C(F)(F)F)c1cccc(F)c1. The molecule has 104 valence electrons. The molecule has 1 amide bonds. The van der Waals surface area contributed by atoms with E-state index in [-0.39, 0.29) is 5.56 Å². The quantitative estimate of drug-likeness (QED) is 0.824. The van der Waals surface area contributed by atoms with Crippen LogP contribution in [0.2, 0.25) is 0 Å². The second kappa shape index (κ2) is 5.68. The molecule has 8 heteroatoms. The van der Waals surface area contributed by atoms with Crippen LogP contribution in [0.25, 0.3) is 0 Å². The van der Waals surface area contributed by atoms with Gasteiger partial charge in [-0.05, 0) is 17.7 Å². The smallest absolute Gasteiger partial charge is 0.471 e. The predicted octanol–water partition coefficient (Wildman–Crippen LogP) is 0.685. The maximum Gasteiger partial charge on any atom is 0.471 e. The molecule has 1 aromatic rings. The van der Waals surface area contributed by atoms with Crippen LogP contribution in [0.15, 0.2) is 24.3 Å². The lowest BCUT2D eigenvalue weighted by Crippen LogP contribution is -2.41. The molecule has 0 fully saturated rings. The van der Waals surface area contributed by atoms with Crippen LogP contribution in [0.3, 0.4) is 0 Å². The van der Waals surface area contributed by atoms with Crippen LogP contribution >= 0.6 is 0 Å². The largest absolute Gasteiger partial charge is 0.550 e. The normalized spacial score (nSPS) is 12.8. The third-order valence-electron chi connectivity index (χ3n) is 2.18. The number of alkyl halides is 3. The first-order valence-electron chi connectivity index (χ1n) is 5.03. The van der Waals surface area contributed by atoms with Crippen LogP contribution in [0.1, 0.15) is 18.0 Å². The molecule has 1 rings (SSSR count). The molecule has 0 saturated heterocycles. The van der Waals surface area contributed by atoms with Crippen molar-refractivity contribution in [1.29, 1.82) is 0 Å². The zero-order valence-electron chi connectivity index (χ0n) is 9.33. The van der Waals surface area contributed by atoms with Crippen molar-refractivity contribution < 1.29 is 32.3 Å². The average molecular weight is 278 g/mol. The van der Waals surface area contributed by atoms with E-state index in [0.29, 0.717) is 0 Å². The Hall–Kier alpha value is -2.12. The van der Waals surface area contributed by atoms with Gasteiger partial charge in [0.05, 0.1) is 6.04 Å². The van der Waals surface area contributed by atoms with Gasteiger partial charge in [-0.25, -0.2) is 4.39 Å². The third kappa shape index (κ3) is 4.57. The zero-order chi connectivity index (χ0) is 14.6. The van der Waals surface area contributed by atoms with Gasteiger partial charge in [-0.15, -0.1) is 0 Å². The van der Waals surface area contributed by atoms with E-state index in [1.807, 2.05) is 0 Å². The van der Waals surface area contributed by atoms with Gasteiger partial charge >= 0.3 is 12.1 Å². The molecule has 0 aliphatic heterocycles. The molecule has 1 aromatic carbocycles. The van der Waals surface area contributed by atoms with E-state index in [2.05, 4.69) is 0 Å². The second-order valence-electron chi connectivity index (χ2n) is 3.65. The van der Waals surface area contributed by atoms with Gasteiger partial charge in [0, 0.05) is 12.4 Å². The summed E-state index contributed by atoms with van der Waals surface area (Å²) in [5.74, 6) is -4.73. The van der Waals surface area contributed by atoms with Gasteiger partial charge in [0.2, 0.25) is 0 Å². The van der Waals surface area contributed by atoms with E-state index >= 15 is 0 Å². The minimum Gasteiger partial charge on any atom is -0.550 e. The Bertz CT molecular complexity index is 487. The summed E-state index contributed by atoms with van der Waals surface area (Å²) in [5, 5.41) is 11.9. The lowest BCUT2D eigenvalue weighted by atomic mass is 10.0. The minimum atomic E-state index is -5.16. The molecule has 0 aliphatic rings. The van der Waals surface area contributed by atoms with E-state index in [4.69, 9.17) is 0 Å². The lowest BCUT2D eigenvalue weighted by Gasteiger charge is -2.20. The first-order chi connectivity index (χ1) is 8.70. The topological polar surface area (TPSA) is 69.2 Å². The van der Waals surface area contributed by atoms with Gasteiger partial charge in [0.15, 0.2) is 0 Å². The van der Waals surface area contributed by atoms with Gasteiger partial charge in [-0.1, -0.05) is 12.1 Å². The van der Waals surface area contributed by atoms with Crippen molar-refractivity contribution in [2.75, 3.05) is 0 Å². The molecule has 0 heterocycles. The summed E-state index contributed by atoms with van der Waals surface area (Å²) in [6.07, 6.45) is -6.05. The van der Waals surface area contributed by atoms with Crippen LogP contribution in [0, 0.1) is 5.82 Å².